The van der Waals surface area contributed by atoms with Crippen molar-refractivity contribution in [1.82, 2.24) is 5.32 Å². The van der Waals surface area contributed by atoms with Gasteiger partial charge in [0.05, 0.1) is 6.08 Å². The van der Waals surface area contributed by atoms with Crippen molar-refractivity contribution in [1.29, 1.82) is 0 Å². The molecule has 3 amide bonds. The number of allylic oxidation sites excluding steroid dienone is 1. The van der Waals surface area contributed by atoms with E-state index in [1.807, 2.05) is 5.32 Å². The normalized spacial score (nSPS) is 25.8. The lowest BCUT2D eigenvalue weighted by Crippen LogP contribution is -3.10. The van der Waals surface area contributed by atoms with Crippen LogP contribution in [0.3, 0.4) is 0 Å². The maximum Gasteiger partial charge on any atom is 0.426 e. The molecule has 0 bridgehead atoms. The van der Waals surface area contributed by atoms with E-state index in [-0.39, 0.29) is 5.70 Å². The average molecular weight is 142 g/mol. The molecular weight excluding hydrogens is 136 g/mol. The minimum absolute atomic E-state index is 0.189. The summed E-state index contributed by atoms with van der Waals surface area (Å²) in [7, 11) is 0. The van der Waals surface area contributed by atoms with Crippen LogP contribution in [0.4, 0.5) is 4.79 Å². The standard InChI is InChI=1S/C5H6N2O3/c1-3-2-4(8)6-5(9)7(3)10/h2,7H,1H3,(H,6,8,9). The van der Waals surface area contributed by atoms with Crippen LogP contribution < -0.4 is 10.4 Å². The topological polar surface area (TPSA) is 73.7 Å². The summed E-state index contributed by atoms with van der Waals surface area (Å²) >= 11 is 0. The van der Waals surface area contributed by atoms with Gasteiger partial charge in [0.1, 0.15) is 5.70 Å². The van der Waals surface area contributed by atoms with Gasteiger partial charge in [-0.25, -0.2) is 10.1 Å². The lowest BCUT2D eigenvalue weighted by atomic mass is 10.3. The maximum absolute atomic E-state index is 10.6. The Morgan fingerprint density at radius 3 is 2.70 bits per heavy atom. The largest absolute Gasteiger partial charge is 0.620 e. The fourth-order valence-electron chi connectivity index (χ4n) is 0.646. The molecule has 1 aliphatic heterocycles. The Kier molecular flexibility index (Phi) is 1.52. The van der Waals surface area contributed by atoms with E-state index in [1.165, 1.54) is 6.92 Å². The third kappa shape index (κ3) is 1.04. The minimum atomic E-state index is -0.843. The molecule has 0 radical (unpaired) electrons. The summed E-state index contributed by atoms with van der Waals surface area (Å²) in [6.07, 6.45) is 1.10. The molecule has 5 nitrogen and oxygen atoms in total. The van der Waals surface area contributed by atoms with Crippen LogP contribution >= 0.6 is 0 Å². The van der Waals surface area contributed by atoms with Crippen LogP contribution in [0.1, 0.15) is 6.92 Å². The zero-order valence-electron chi connectivity index (χ0n) is 5.30. The second-order valence-corrected chi connectivity index (χ2v) is 1.97. The van der Waals surface area contributed by atoms with Crippen LogP contribution in [-0.4, -0.2) is 11.9 Å². The molecule has 2 N–H and O–H groups in total. The second kappa shape index (κ2) is 2.20. The van der Waals surface area contributed by atoms with Gasteiger partial charge in [0.25, 0.3) is 5.91 Å². The van der Waals surface area contributed by atoms with E-state index >= 15 is 0 Å². The van der Waals surface area contributed by atoms with Gasteiger partial charge in [0.15, 0.2) is 0 Å². The zero-order chi connectivity index (χ0) is 7.72. The number of amides is 3. The lowest BCUT2D eigenvalue weighted by molar-refractivity contribution is -0.714. The molecule has 10 heavy (non-hydrogen) atoms. The molecule has 0 aromatic carbocycles. The van der Waals surface area contributed by atoms with Crippen LogP contribution in [0.5, 0.6) is 0 Å². The van der Waals surface area contributed by atoms with E-state index in [2.05, 4.69) is 0 Å². The predicted octanol–water partition coefficient (Wildman–Crippen LogP) is -1.48. The van der Waals surface area contributed by atoms with Crippen molar-refractivity contribution in [3.8, 4) is 0 Å². The summed E-state index contributed by atoms with van der Waals surface area (Å²) in [5.41, 5.74) is 0.189. The molecule has 0 saturated heterocycles. The number of hydrogen-bond acceptors (Lipinski definition) is 3. The quantitative estimate of drug-likeness (QED) is 0.405. The monoisotopic (exact) mass is 142 g/mol. The molecule has 1 rings (SSSR count). The Balaban J connectivity index is 2.91. The molecule has 0 spiro atoms. The fraction of sp³-hybridized carbons (Fsp3) is 0.200. The van der Waals surface area contributed by atoms with E-state index in [0.717, 1.165) is 6.08 Å². The van der Waals surface area contributed by atoms with Gasteiger partial charge in [-0.05, 0) is 0 Å². The molecule has 0 fully saturated rings. The summed E-state index contributed by atoms with van der Waals surface area (Å²) < 4.78 is 0. The number of urea groups is 1. The highest BCUT2D eigenvalue weighted by Gasteiger charge is 2.21. The van der Waals surface area contributed by atoms with Crippen molar-refractivity contribution in [3.05, 3.63) is 17.0 Å². The van der Waals surface area contributed by atoms with Gasteiger partial charge in [-0.3, -0.25) is 9.86 Å². The average Bonchev–Trinajstić information content (AvgIpc) is 1.82. The molecule has 1 unspecified atom stereocenters. The molecule has 0 aromatic rings. The van der Waals surface area contributed by atoms with E-state index < -0.39 is 17.0 Å². The Labute approximate surface area is 56.9 Å². The van der Waals surface area contributed by atoms with Gasteiger partial charge in [0, 0.05) is 6.92 Å². The first-order valence-electron chi connectivity index (χ1n) is 2.69. The SMILES string of the molecule is CC1=CC(=O)NC(=O)[NH+]1[O-]. The Hall–Kier alpha value is -1.20. The molecular formula is C5H6N2O3. The van der Waals surface area contributed by atoms with E-state index in [0.29, 0.717) is 0 Å². The Morgan fingerprint density at radius 1 is 1.60 bits per heavy atom. The van der Waals surface area contributed by atoms with Crippen LogP contribution in [-0.2, 0) is 4.79 Å². The van der Waals surface area contributed by atoms with Gasteiger partial charge in [-0.2, -0.15) is 0 Å². The summed E-state index contributed by atoms with van der Waals surface area (Å²) in [5.74, 6) is -0.526. The highest BCUT2D eigenvalue weighted by atomic mass is 16.5. The maximum atomic E-state index is 10.6. The van der Waals surface area contributed by atoms with E-state index in [9.17, 15) is 14.8 Å². The van der Waals surface area contributed by atoms with Gasteiger partial charge in [0.2, 0.25) is 0 Å². The number of hydrogen-bond donors (Lipinski definition) is 2. The number of rotatable bonds is 0. The summed E-state index contributed by atoms with van der Waals surface area (Å²) in [5, 5.41) is 11.9. The van der Waals surface area contributed by atoms with Crippen LogP contribution in [0, 0.1) is 5.21 Å². The van der Waals surface area contributed by atoms with Crippen molar-refractivity contribution < 1.29 is 14.7 Å². The van der Waals surface area contributed by atoms with Crippen molar-refractivity contribution in [2.45, 2.75) is 6.92 Å². The second-order valence-electron chi connectivity index (χ2n) is 1.97. The highest BCUT2D eigenvalue weighted by Crippen LogP contribution is 1.84. The molecule has 54 valence electrons. The third-order valence-corrected chi connectivity index (χ3v) is 1.15. The van der Waals surface area contributed by atoms with Gasteiger partial charge >= 0.3 is 6.03 Å². The van der Waals surface area contributed by atoms with Gasteiger partial charge in [-0.15, -0.1) is 0 Å². The van der Waals surface area contributed by atoms with E-state index in [4.69, 9.17) is 0 Å². The molecule has 0 saturated carbocycles. The first-order valence-corrected chi connectivity index (χ1v) is 2.69. The highest BCUT2D eigenvalue weighted by molar-refractivity contribution is 6.00. The van der Waals surface area contributed by atoms with E-state index in [1.54, 1.807) is 0 Å². The summed E-state index contributed by atoms with van der Waals surface area (Å²) in [6, 6.07) is -0.843. The van der Waals surface area contributed by atoms with Gasteiger partial charge < -0.3 is 5.21 Å². The molecule has 0 aromatic heterocycles. The summed E-state index contributed by atoms with van der Waals surface area (Å²) in [6.45, 7) is 1.43. The van der Waals surface area contributed by atoms with Crippen molar-refractivity contribution in [2.75, 3.05) is 0 Å². The first-order chi connectivity index (χ1) is 4.61. The first kappa shape index (κ1) is 6.91. The number of hydroxylamine groups is 2. The number of imide groups is 1. The Bertz CT molecular complexity index is 221. The van der Waals surface area contributed by atoms with Crippen LogP contribution in [0.25, 0.3) is 0 Å². The third-order valence-electron chi connectivity index (χ3n) is 1.15. The molecule has 0 aliphatic carbocycles. The molecule has 1 atom stereocenters. The minimum Gasteiger partial charge on any atom is -0.620 e. The number of carbonyl (C=O) groups excluding carboxylic acids is 2. The number of quaternary nitrogens is 1. The van der Waals surface area contributed by atoms with Crippen molar-refractivity contribution in [3.63, 3.8) is 0 Å². The van der Waals surface area contributed by atoms with Gasteiger partial charge in [-0.1, -0.05) is 0 Å². The number of carbonyl (C=O) groups is 2. The van der Waals surface area contributed by atoms with Crippen LogP contribution in [0.2, 0.25) is 0 Å². The van der Waals surface area contributed by atoms with Crippen molar-refractivity contribution in [2.24, 2.45) is 0 Å². The van der Waals surface area contributed by atoms with Crippen LogP contribution in [0.15, 0.2) is 11.8 Å². The molecule has 5 heteroatoms. The zero-order valence-corrected chi connectivity index (χ0v) is 5.30. The van der Waals surface area contributed by atoms with Crippen molar-refractivity contribution >= 4 is 11.9 Å². The molecule has 1 aliphatic rings. The molecule has 1 heterocycles. The predicted molar refractivity (Wildman–Crippen MR) is 31.6 cm³/mol. The Morgan fingerprint density at radius 2 is 2.20 bits per heavy atom. The lowest BCUT2D eigenvalue weighted by Gasteiger charge is -2.21. The smallest absolute Gasteiger partial charge is 0.426 e. The fourth-order valence-corrected chi connectivity index (χ4v) is 0.646. The summed E-state index contributed by atoms with van der Waals surface area (Å²) in [4.78, 5) is 21.0. The number of nitrogens with one attached hydrogen (secondary N) is 2.